The zero-order chi connectivity index (χ0) is 14.0. The molecule has 6 nitrogen and oxygen atoms in total. The molecule has 0 bridgehead atoms. The van der Waals surface area contributed by atoms with Gasteiger partial charge in [-0.3, -0.25) is 4.79 Å². The number of rotatable bonds is 3. The third-order valence-corrected chi connectivity index (χ3v) is 3.48. The molecule has 0 spiro atoms. The normalized spacial score (nSPS) is 10.2. The van der Waals surface area contributed by atoms with E-state index in [-0.39, 0.29) is 16.3 Å². The van der Waals surface area contributed by atoms with Crippen LogP contribution in [0.15, 0.2) is 18.2 Å². The fourth-order valence-electron chi connectivity index (χ4n) is 1.44. The van der Waals surface area contributed by atoms with Crippen molar-refractivity contribution in [3.8, 4) is 0 Å². The molecule has 1 aromatic carbocycles. The number of nitrogens with zero attached hydrogens (tertiary/aromatic N) is 2. The van der Waals surface area contributed by atoms with E-state index in [0.717, 1.165) is 11.5 Å². The number of halogens is 1. The molecule has 1 heterocycles. The van der Waals surface area contributed by atoms with Crippen LogP contribution in [0.3, 0.4) is 0 Å². The number of anilines is 1. The van der Waals surface area contributed by atoms with Crippen molar-refractivity contribution < 1.29 is 14.7 Å². The summed E-state index contributed by atoms with van der Waals surface area (Å²) in [5.41, 5.74) is 0.469. The molecule has 8 heteroatoms. The lowest BCUT2D eigenvalue weighted by molar-refractivity contribution is 0.0698. The highest BCUT2D eigenvalue weighted by Crippen LogP contribution is 2.27. The SMILES string of the molecule is Cc1nnsc1C(=O)Nc1c(Cl)cccc1C(=O)O. The van der Waals surface area contributed by atoms with Crippen molar-refractivity contribution in [3.63, 3.8) is 0 Å². The molecule has 98 valence electrons. The van der Waals surface area contributed by atoms with Crippen molar-refractivity contribution in [2.45, 2.75) is 6.92 Å². The van der Waals surface area contributed by atoms with Gasteiger partial charge in [0, 0.05) is 0 Å². The van der Waals surface area contributed by atoms with E-state index < -0.39 is 11.9 Å². The smallest absolute Gasteiger partial charge is 0.337 e. The predicted octanol–water partition coefficient (Wildman–Crippen LogP) is 2.45. The summed E-state index contributed by atoms with van der Waals surface area (Å²) < 4.78 is 3.65. The first kappa shape index (κ1) is 13.4. The van der Waals surface area contributed by atoms with Crippen LogP contribution in [0, 0.1) is 6.92 Å². The van der Waals surface area contributed by atoms with Gasteiger partial charge in [-0.25, -0.2) is 4.79 Å². The van der Waals surface area contributed by atoms with Crippen molar-refractivity contribution in [1.82, 2.24) is 9.59 Å². The maximum atomic E-state index is 12.0. The van der Waals surface area contributed by atoms with Gasteiger partial charge in [0.05, 0.1) is 22.0 Å². The van der Waals surface area contributed by atoms with Crippen molar-refractivity contribution >= 4 is 40.7 Å². The Bertz CT molecular complexity index is 656. The van der Waals surface area contributed by atoms with Crippen LogP contribution in [-0.4, -0.2) is 26.6 Å². The first-order valence-electron chi connectivity index (χ1n) is 5.13. The van der Waals surface area contributed by atoms with Gasteiger partial charge in [0.25, 0.3) is 5.91 Å². The average Bonchev–Trinajstić information content (AvgIpc) is 2.77. The summed E-state index contributed by atoms with van der Waals surface area (Å²) in [7, 11) is 0. The summed E-state index contributed by atoms with van der Waals surface area (Å²) in [5.74, 6) is -1.65. The lowest BCUT2D eigenvalue weighted by atomic mass is 10.1. The number of para-hydroxylation sites is 1. The minimum Gasteiger partial charge on any atom is -0.478 e. The van der Waals surface area contributed by atoms with Gasteiger partial charge in [-0.1, -0.05) is 22.2 Å². The number of carbonyl (C=O) groups excluding carboxylic acids is 1. The van der Waals surface area contributed by atoms with Crippen LogP contribution >= 0.6 is 23.1 Å². The Hall–Kier alpha value is -1.99. The number of carboxylic acid groups (broad SMARTS) is 1. The Morgan fingerprint density at radius 1 is 1.42 bits per heavy atom. The highest BCUT2D eigenvalue weighted by atomic mass is 35.5. The van der Waals surface area contributed by atoms with Gasteiger partial charge in [0.1, 0.15) is 4.88 Å². The maximum absolute atomic E-state index is 12.0. The van der Waals surface area contributed by atoms with Crippen molar-refractivity contribution in [2.75, 3.05) is 5.32 Å². The summed E-state index contributed by atoms with van der Waals surface area (Å²) in [6, 6.07) is 4.37. The van der Waals surface area contributed by atoms with E-state index in [4.69, 9.17) is 16.7 Å². The molecule has 0 fully saturated rings. The van der Waals surface area contributed by atoms with Crippen molar-refractivity contribution in [3.05, 3.63) is 39.4 Å². The number of aromatic nitrogens is 2. The second-order valence-corrected chi connectivity index (χ2v) is 4.77. The molecule has 0 aliphatic rings. The molecule has 1 aromatic heterocycles. The fourth-order valence-corrected chi connectivity index (χ4v) is 2.21. The number of aryl methyl sites for hydroxylation is 1. The van der Waals surface area contributed by atoms with E-state index >= 15 is 0 Å². The van der Waals surface area contributed by atoms with E-state index in [0.29, 0.717) is 10.6 Å². The highest BCUT2D eigenvalue weighted by Gasteiger charge is 2.19. The average molecular weight is 298 g/mol. The molecule has 0 aliphatic carbocycles. The molecule has 2 aromatic rings. The van der Waals surface area contributed by atoms with Gasteiger partial charge in [0.2, 0.25) is 0 Å². The molecule has 2 N–H and O–H groups in total. The summed E-state index contributed by atoms with van der Waals surface area (Å²) in [6.45, 7) is 1.64. The van der Waals surface area contributed by atoms with E-state index in [9.17, 15) is 9.59 Å². The van der Waals surface area contributed by atoms with Crippen molar-refractivity contribution in [1.29, 1.82) is 0 Å². The van der Waals surface area contributed by atoms with Crippen LogP contribution in [0.1, 0.15) is 25.7 Å². The van der Waals surface area contributed by atoms with Crippen LogP contribution in [0.2, 0.25) is 5.02 Å². The summed E-state index contributed by atoms with van der Waals surface area (Å²) in [4.78, 5) is 23.4. The number of carbonyl (C=O) groups is 2. The van der Waals surface area contributed by atoms with Gasteiger partial charge < -0.3 is 10.4 Å². The standard InChI is InChI=1S/C11H8ClN3O3S/c1-5-9(19-15-14-5)10(16)13-8-6(11(17)18)3-2-4-7(8)12/h2-4H,1H3,(H,13,16)(H,17,18). The van der Waals surface area contributed by atoms with E-state index in [2.05, 4.69) is 14.9 Å². The number of hydrogen-bond donors (Lipinski definition) is 2. The van der Waals surface area contributed by atoms with Gasteiger partial charge in [-0.15, -0.1) is 5.10 Å². The molecule has 0 aliphatic heterocycles. The first-order valence-corrected chi connectivity index (χ1v) is 6.28. The number of amides is 1. The number of carboxylic acids is 1. The summed E-state index contributed by atoms with van der Waals surface area (Å²) in [5, 5.41) is 15.4. The number of nitrogens with one attached hydrogen (secondary N) is 1. The Morgan fingerprint density at radius 2 is 2.16 bits per heavy atom. The number of aromatic carboxylic acids is 1. The van der Waals surface area contributed by atoms with E-state index in [1.54, 1.807) is 6.92 Å². The minimum atomic E-state index is -1.17. The van der Waals surface area contributed by atoms with Crippen LogP contribution in [0.5, 0.6) is 0 Å². The van der Waals surface area contributed by atoms with Gasteiger partial charge in [0.15, 0.2) is 0 Å². The van der Waals surface area contributed by atoms with Crippen LogP contribution in [0.4, 0.5) is 5.69 Å². The summed E-state index contributed by atoms with van der Waals surface area (Å²) >= 11 is 6.85. The third-order valence-electron chi connectivity index (χ3n) is 2.34. The molecule has 0 radical (unpaired) electrons. The highest BCUT2D eigenvalue weighted by molar-refractivity contribution is 7.08. The predicted molar refractivity (Wildman–Crippen MR) is 71.0 cm³/mol. The van der Waals surface area contributed by atoms with Gasteiger partial charge in [-0.2, -0.15) is 0 Å². The van der Waals surface area contributed by atoms with Gasteiger partial charge >= 0.3 is 5.97 Å². The topological polar surface area (TPSA) is 92.2 Å². The molecule has 2 rings (SSSR count). The Morgan fingerprint density at radius 3 is 2.74 bits per heavy atom. The molecule has 0 atom stereocenters. The van der Waals surface area contributed by atoms with Gasteiger partial charge in [-0.05, 0) is 30.6 Å². The van der Waals surface area contributed by atoms with Crippen LogP contribution in [0.25, 0.3) is 0 Å². The number of hydrogen-bond acceptors (Lipinski definition) is 5. The van der Waals surface area contributed by atoms with E-state index in [1.165, 1.54) is 18.2 Å². The van der Waals surface area contributed by atoms with Crippen LogP contribution in [-0.2, 0) is 0 Å². The molecular formula is C11H8ClN3O3S. The van der Waals surface area contributed by atoms with Crippen LogP contribution < -0.4 is 5.32 Å². The third kappa shape index (κ3) is 2.72. The quantitative estimate of drug-likeness (QED) is 0.908. The first-order chi connectivity index (χ1) is 9.00. The second kappa shape index (κ2) is 5.33. The maximum Gasteiger partial charge on any atom is 0.337 e. The molecular weight excluding hydrogens is 290 g/mol. The Balaban J connectivity index is 2.36. The monoisotopic (exact) mass is 297 g/mol. The lowest BCUT2D eigenvalue weighted by Crippen LogP contribution is -2.15. The van der Waals surface area contributed by atoms with E-state index in [1.807, 2.05) is 0 Å². The molecule has 0 saturated carbocycles. The Kier molecular flexibility index (Phi) is 3.77. The largest absolute Gasteiger partial charge is 0.478 e. The minimum absolute atomic E-state index is 0.0643. The second-order valence-electron chi connectivity index (χ2n) is 3.61. The molecule has 1 amide bonds. The Labute approximate surface area is 117 Å². The lowest BCUT2D eigenvalue weighted by Gasteiger charge is -2.09. The fraction of sp³-hybridized carbons (Fsp3) is 0.0909. The molecule has 0 saturated heterocycles. The zero-order valence-corrected chi connectivity index (χ0v) is 11.2. The summed E-state index contributed by atoms with van der Waals surface area (Å²) in [6.07, 6.45) is 0. The molecule has 0 unspecified atom stereocenters. The number of benzene rings is 1. The molecule has 19 heavy (non-hydrogen) atoms. The zero-order valence-electron chi connectivity index (χ0n) is 9.68. The van der Waals surface area contributed by atoms with Crippen molar-refractivity contribution in [2.24, 2.45) is 0 Å².